The van der Waals surface area contributed by atoms with Crippen molar-refractivity contribution >= 4 is 5.52 Å². The molecule has 0 radical (unpaired) electrons. The van der Waals surface area contributed by atoms with Crippen molar-refractivity contribution < 1.29 is 0 Å². The van der Waals surface area contributed by atoms with E-state index in [-0.39, 0.29) is 6.04 Å². The van der Waals surface area contributed by atoms with Crippen LogP contribution in [0.15, 0.2) is 18.2 Å². The van der Waals surface area contributed by atoms with Crippen molar-refractivity contribution in [2.45, 2.75) is 19.9 Å². The van der Waals surface area contributed by atoms with E-state index in [0.29, 0.717) is 0 Å². The second-order valence-corrected chi connectivity index (χ2v) is 3.21. The van der Waals surface area contributed by atoms with Crippen molar-refractivity contribution in [1.82, 2.24) is 14.8 Å². The van der Waals surface area contributed by atoms with E-state index in [4.69, 9.17) is 5.73 Å². The number of pyridine rings is 1. The zero-order valence-corrected chi connectivity index (χ0v) is 7.73. The summed E-state index contributed by atoms with van der Waals surface area (Å²) in [5.41, 5.74) is 8.74. The summed E-state index contributed by atoms with van der Waals surface area (Å²) in [5.74, 6) is 0. The lowest BCUT2D eigenvalue weighted by atomic mass is 10.2. The second-order valence-electron chi connectivity index (χ2n) is 3.21. The number of fused-ring (bicyclic) bond motifs is 1. The minimum atomic E-state index is -0.0233. The zero-order chi connectivity index (χ0) is 9.42. The van der Waals surface area contributed by atoms with Gasteiger partial charge in [0.2, 0.25) is 0 Å². The lowest BCUT2D eigenvalue weighted by molar-refractivity contribution is 0.707. The minimum absolute atomic E-state index is 0.0233. The fourth-order valence-electron chi connectivity index (χ4n) is 1.40. The monoisotopic (exact) mass is 176 g/mol. The van der Waals surface area contributed by atoms with Gasteiger partial charge in [0, 0.05) is 6.04 Å². The van der Waals surface area contributed by atoms with Gasteiger partial charge in [-0.1, -0.05) is 11.3 Å². The molecule has 0 aromatic carbocycles. The molecule has 0 saturated carbocycles. The van der Waals surface area contributed by atoms with Crippen LogP contribution in [0.2, 0.25) is 0 Å². The Labute approximate surface area is 76.4 Å². The van der Waals surface area contributed by atoms with E-state index in [2.05, 4.69) is 10.3 Å². The molecule has 2 N–H and O–H groups in total. The number of aryl methyl sites for hydroxylation is 1. The van der Waals surface area contributed by atoms with Gasteiger partial charge in [-0.25, -0.2) is 4.52 Å². The van der Waals surface area contributed by atoms with Crippen molar-refractivity contribution in [3.8, 4) is 0 Å². The highest BCUT2D eigenvalue weighted by Gasteiger charge is 2.07. The van der Waals surface area contributed by atoms with Gasteiger partial charge in [-0.2, -0.15) is 0 Å². The standard InChI is InChI=1S/C9H12N4/c1-6(10)8-4-3-5-9-7(2)11-12-13(8)9/h3-6H,10H2,1-2H3. The van der Waals surface area contributed by atoms with Gasteiger partial charge >= 0.3 is 0 Å². The SMILES string of the molecule is Cc1nnn2c(C(C)N)cccc12. The summed E-state index contributed by atoms with van der Waals surface area (Å²) in [7, 11) is 0. The van der Waals surface area contributed by atoms with Gasteiger partial charge in [-0.15, -0.1) is 5.10 Å². The van der Waals surface area contributed by atoms with Crippen LogP contribution in [0.1, 0.15) is 24.4 Å². The van der Waals surface area contributed by atoms with Crippen molar-refractivity contribution in [3.63, 3.8) is 0 Å². The van der Waals surface area contributed by atoms with E-state index in [9.17, 15) is 0 Å². The maximum atomic E-state index is 5.80. The Hall–Kier alpha value is -1.42. The fraction of sp³-hybridized carbons (Fsp3) is 0.333. The molecule has 0 aliphatic carbocycles. The second kappa shape index (κ2) is 2.81. The molecule has 2 heterocycles. The van der Waals surface area contributed by atoms with Crippen molar-refractivity contribution in [3.05, 3.63) is 29.6 Å². The Balaban J connectivity index is 2.77. The van der Waals surface area contributed by atoms with Gasteiger partial charge in [0.25, 0.3) is 0 Å². The van der Waals surface area contributed by atoms with E-state index < -0.39 is 0 Å². The van der Waals surface area contributed by atoms with Gasteiger partial charge in [-0.3, -0.25) is 0 Å². The maximum Gasteiger partial charge on any atom is 0.0898 e. The number of hydrogen-bond acceptors (Lipinski definition) is 3. The van der Waals surface area contributed by atoms with E-state index in [1.54, 1.807) is 4.52 Å². The molecular weight excluding hydrogens is 164 g/mol. The van der Waals surface area contributed by atoms with Crippen molar-refractivity contribution in [1.29, 1.82) is 0 Å². The first-order valence-electron chi connectivity index (χ1n) is 4.26. The molecule has 1 unspecified atom stereocenters. The Morgan fingerprint density at radius 2 is 2.23 bits per heavy atom. The molecular formula is C9H12N4. The predicted octanol–water partition coefficient (Wildman–Crippen LogP) is 1.06. The average Bonchev–Trinajstić information content (AvgIpc) is 2.48. The molecule has 0 aliphatic rings. The number of nitrogens with two attached hydrogens (primary N) is 1. The minimum Gasteiger partial charge on any atom is -0.323 e. The van der Waals surface area contributed by atoms with Gasteiger partial charge < -0.3 is 5.73 Å². The van der Waals surface area contributed by atoms with Crippen LogP contribution < -0.4 is 5.73 Å². The summed E-state index contributed by atoms with van der Waals surface area (Å²) in [5, 5.41) is 8.02. The van der Waals surface area contributed by atoms with E-state index >= 15 is 0 Å². The summed E-state index contributed by atoms with van der Waals surface area (Å²) < 4.78 is 1.79. The molecule has 0 bridgehead atoms. The largest absolute Gasteiger partial charge is 0.323 e. The van der Waals surface area contributed by atoms with Crippen LogP contribution in [-0.4, -0.2) is 14.8 Å². The van der Waals surface area contributed by atoms with Gasteiger partial charge in [0.15, 0.2) is 0 Å². The molecule has 0 fully saturated rings. The molecule has 2 aromatic heterocycles. The van der Waals surface area contributed by atoms with Gasteiger partial charge in [0.1, 0.15) is 0 Å². The van der Waals surface area contributed by atoms with Crippen molar-refractivity contribution in [2.75, 3.05) is 0 Å². The Morgan fingerprint density at radius 3 is 2.92 bits per heavy atom. The third-order valence-corrected chi connectivity index (χ3v) is 2.12. The van der Waals surface area contributed by atoms with Crippen molar-refractivity contribution in [2.24, 2.45) is 5.73 Å². The lowest BCUT2D eigenvalue weighted by Gasteiger charge is -2.06. The molecule has 0 amide bonds. The topological polar surface area (TPSA) is 56.2 Å². The van der Waals surface area contributed by atoms with Crippen LogP contribution in [0.5, 0.6) is 0 Å². The Kier molecular flexibility index (Phi) is 1.77. The first kappa shape index (κ1) is 8.19. The number of nitrogens with zero attached hydrogens (tertiary/aromatic N) is 3. The highest BCUT2D eigenvalue weighted by atomic mass is 15.4. The summed E-state index contributed by atoms with van der Waals surface area (Å²) in [4.78, 5) is 0. The van der Waals surface area contributed by atoms with Crippen LogP contribution in [0.3, 0.4) is 0 Å². The number of hydrogen-bond donors (Lipinski definition) is 1. The first-order valence-corrected chi connectivity index (χ1v) is 4.26. The van der Waals surface area contributed by atoms with E-state index in [1.165, 1.54) is 0 Å². The Morgan fingerprint density at radius 1 is 1.46 bits per heavy atom. The maximum absolute atomic E-state index is 5.80. The molecule has 0 aliphatic heterocycles. The molecule has 2 aromatic rings. The highest BCUT2D eigenvalue weighted by molar-refractivity contribution is 5.50. The summed E-state index contributed by atoms with van der Waals surface area (Å²) in [6, 6.07) is 5.90. The van der Waals surface area contributed by atoms with Crippen LogP contribution in [0.25, 0.3) is 5.52 Å². The predicted molar refractivity (Wildman–Crippen MR) is 50.3 cm³/mol. The molecule has 0 saturated heterocycles. The van der Waals surface area contributed by atoms with Crippen LogP contribution >= 0.6 is 0 Å². The fourth-order valence-corrected chi connectivity index (χ4v) is 1.40. The highest BCUT2D eigenvalue weighted by Crippen LogP contribution is 2.13. The van der Waals surface area contributed by atoms with Crippen LogP contribution in [0, 0.1) is 6.92 Å². The summed E-state index contributed by atoms with van der Waals surface area (Å²) >= 11 is 0. The molecule has 68 valence electrons. The first-order chi connectivity index (χ1) is 6.20. The molecule has 2 rings (SSSR count). The quantitative estimate of drug-likeness (QED) is 0.706. The number of rotatable bonds is 1. The molecule has 13 heavy (non-hydrogen) atoms. The van der Waals surface area contributed by atoms with Gasteiger partial charge in [-0.05, 0) is 26.0 Å². The molecule has 4 heteroatoms. The smallest absolute Gasteiger partial charge is 0.0898 e. The zero-order valence-electron chi connectivity index (χ0n) is 7.73. The summed E-state index contributed by atoms with van der Waals surface area (Å²) in [6.45, 7) is 3.87. The molecule has 4 nitrogen and oxygen atoms in total. The van der Waals surface area contributed by atoms with Crippen LogP contribution in [0.4, 0.5) is 0 Å². The average molecular weight is 176 g/mol. The third kappa shape index (κ3) is 1.19. The number of aromatic nitrogens is 3. The van der Waals surface area contributed by atoms with Gasteiger partial charge in [0.05, 0.1) is 16.9 Å². The normalized spacial score (nSPS) is 13.5. The molecule has 0 spiro atoms. The van der Waals surface area contributed by atoms with E-state index in [1.807, 2.05) is 32.0 Å². The lowest BCUT2D eigenvalue weighted by Crippen LogP contribution is -2.10. The van der Waals surface area contributed by atoms with E-state index in [0.717, 1.165) is 16.9 Å². The van der Waals surface area contributed by atoms with Crippen LogP contribution in [-0.2, 0) is 0 Å². The summed E-state index contributed by atoms with van der Waals surface area (Å²) in [6.07, 6.45) is 0. The Bertz CT molecular complexity index is 430. The third-order valence-electron chi connectivity index (χ3n) is 2.12. The molecule has 1 atom stereocenters.